The summed E-state index contributed by atoms with van der Waals surface area (Å²) in [5.74, 6) is 0. The van der Waals surface area contributed by atoms with E-state index in [0.29, 0.717) is 6.04 Å². The molecule has 0 saturated heterocycles. The molecule has 2 aromatic carbocycles. The van der Waals surface area contributed by atoms with Gasteiger partial charge >= 0.3 is 0 Å². The number of benzene rings is 2. The molecule has 0 bridgehead atoms. The van der Waals surface area contributed by atoms with Crippen molar-refractivity contribution in [3.8, 4) is 11.3 Å². The zero-order valence-corrected chi connectivity index (χ0v) is 11.9. The van der Waals surface area contributed by atoms with Crippen LogP contribution >= 0.6 is 11.6 Å². The second-order valence-corrected chi connectivity index (χ2v) is 5.50. The summed E-state index contributed by atoms with van der Waals surface area (Å²) in [7, 11) is 0. The van der Waals surface area contributed by atoms with E-state index in [1.807, 2.05) is 18.2 Å². The minimum Gasteiger partial charge on any atom is -0.338 e. The average Bonchev–Trinajstić information content (AvgIpc) is 2.78. The van der Waals surface area contributed by atoms with Crippen molar-refractivity contribution in [2.24, 2.45) is 0 Å². The van der Waals surface area contributed by atoms with E-state index in [9.17, 15) is 0 Å². The van der Waals surface area contributed by atoms with Crippen LogP contribution in [0.4, 0.5) is 0 Å². The maximum Gasteiger partial charge on any atom is 0.0493 e. The second kappa shape index (κ2) is 4.75. The molecule has 1 aromatic heterocycles. The number of fused-ring (bicyclic) bond motifs is 1. The number of rotatable bonds is 2. The van der Waals surface area contributed by atoms with Gasteiger partial charge in [0.05, 0.1) is 0 Å². The molecule has 0 N–H and O–H groups in total. The van der Waals surface area contributed by atoms with Gasteiger partial charge in [-0.1, -0.05) is 41.9 Å². The summed E-state index contributed by atoms with van der Waals surface area (Å²) in [6.07, 6.45) is 0. The number of hydrogen-bond acceptors (Lipinski definition) is 0. The van der Waals surface area contributed by atoms with Crippen LogP contribution in [0.3, 0.4) is 0 Å². The molecule has 0 atom stereocenters. The van der Waals surface area contributed by atoms with Gasteiger partial charge in [-0.15, -0.1) is 0 Å². The summed E-state index contributed by atoms with van der Waals surface area (Å²) in [6, 6.07) is 19.2. The summed E-state index contributed by atoms with van der Waals surface area (Å²) in [4.78, 5) is 0. The van der Waals surface area contributed by atoms with E-state index in [-0.39, 0.29) is 0 Å². The Kier molecular flexibility index (Phi) is 3.08. The van der Waals surface area contributed by atoms with Crippen molar-refractivity contribution in [3.05, 3.63) is 59.6 Å². The highest BCUT2D eigenvalue weighted by Gasteiger charge is 2.12. The largest absolute Gasteiger partial charge is 0.338 e. The molecule has 0 fully saturated rings. The first-order valence-electron chi connectivity index (χ1n) is 6.53. The minimum atomic E-state index is 0.411. The van der Waals surface area contributed by atoms with Gasteiger partial charge in [0.2, 0.25) is 0 Å². The molecule has 0 saturated carbocycles. The molecule has 0 radical (unpaired) electrons. The maximum atomic E-state index is 6.10. The second-order valence-electron chi connectivity index (χ2n) is 5.06. The Bertz CT molecular complexity index is 711. The van der Waals surface area contributed by atoms with E-state index in [0.717, 1.165) is 5.02 Å². The lowest BCUT2D eigenvalue weighted by Crippen LogP contribution is -2.02. The fraction of sp³-hybridized carbons (Fsp3) is 0.176. The third-order valence-electron chi connectivity index (χ3n) is 3.39. The van der Waals surface area contributed by atoms with Crippen LogP contribution in [0.15, 0.2) is 54.6 Å². The molecular weight excluding hydrogens is 254 g/mol. The van der Waals surface area contributed by atoms with Gasteiger partial charge in [0.25, 0.3) is 0 Å². The molecular formula is C17H16ClN. The van der Waals surface area contributed by atoms with Gasteiger partial charge in [0.15, 0.2) is 0 Å². The molecule has 0 amide bonds. The van der Waals surface area contributed by atoms with Crippen molar-refractivity contribution in [1.29, 1.82) is 0 Å². The Morgan fingerprint density at radius 1 is 0.947 bits per heavy atom. The van der Waals surface area contributed by atoms with Crippen LogP contribution in [0.1, 0.15) is 19.9 Å². The Hall–Kier alpha value is -1.73. The number of nitrogens with zero attached hydrogens (tertiary/aromatic N) is 1. The predicted octanol–water partition coefficient (Wildman–Crippen LogP) is 5.54. The highest BCUT2D eigenvalue weighted by Crippen LogP contribution is 2.32. The molecule has 19 heavy (non-hydrogen) atoms. The maximum absolute atomic E-state index is 6.10. The minimum absolute atomic E-state index is 0.411. The van der Waals surface area contributed by atoms with Crippen LogP contribution < -0.4 is 0 Å². The van der Waals surface area contributed by atoms with Gasteiger partial charge in [0.1, 0.15) is 0 Å². The van der Waals surface area contributed by atoms with E-state index >= 15 is 0 Å². The van der Waals surface area contributed by atoms with Gasteiger partial charge in [-0.25, -0.2) is 0 Å². The van der Waals surface area contributed by atoms with E-state index in [1.54, 1.807) is 0 Å². The summed E-state index contributed by atoms with van der Waals surface area (Å²) >= 11 is 6.10. The zero-order chi connectivity index (χ0) is 13.4. The molecule has 0 unspecified atom stereocenters. The fourth-order valence-corrected chi connectivity index (χ4v) is 2.78. The van der Waals surface area contributed by atoms with Gasteiger partial charge in [0, 0.05) is 27.7 Å². The van der Waals surface area contributed by atoms with E-state index in [4.69, 9.17) is 11.6 Å². The predicted molar refractivity (Wildman–Crippen MR) is 82.8 cm³/mol. The molecule has 1 nitrogen and oxygen atoms in total. The van der Waals surface area contributed by atoms with Crippen LogP contribution in [0, 0.1) is 0 Å². The molecule has 3 rings (SSSR count). The van der Waals surface area contributed by atoms with Crippen molar-refractivity contribution < 1.29 is 0 Å². The van der Waals surface area contributed by atoms with Crippen LogP contribution in [0.5, 0.6) is 0 Å². The SMILES string of the molecule is CC(C)n1c(-c2ccccc2)cc2cc(Cl)ccc21. The van der Waals surface area contributed by atoms with E-state index in [1.165, 1.54) is 22.2 Å². The number of halogens is 1. The average molecular weight is 270 g/mol. The van der Waals surface area contributed by atoms with Crippen LogP contribution in [0.2, 0.25) is 5.02 Å². The first-order chi connectivity index (χ1) is 9.16. The smallest absolute Gasteiger partial charge is 0.0493 e. The monoisotopic (exact) mass is 269 g/mol. The van der Waals surface area contributed by atoms with Crippen LogP contribution in [-0.2, 0) is 0 Å². The molecule has 0 aliphatic heterocycles. The van der Waals surface area contributed by atoms with Crippen molar-refractivity contribution in [2.75, 3.05) is 0 Å². The molecule has 3 aromatic rings. The van der Waals surface area contributed by atoms with Crippen molar-refractivity contribution in [3.63, 3.8) is 0 Å². The topological polar surface area (TPSA) is 4.93 Å². The first kappa shape index (κ1) is 12.3. The van der Waals surface area contributed by atoms with Gasteiger partial charge in [-0.3, -0.25) is 0 Å². The standard InChI is InChI=1S/C17H16ClN/c1-12(2)19-16-9-8-15(18)10-14(16)11-17(19)13-6-4-3-5-7-13/h3-12H,1-2H3. The molecule has 1 heterocycles. The normalized spacial score (nSPS) is 11.4. The molecule has 0 aliphatic carbocycles. The van der Waals surface area contributed by atoms with Crippen LogP contribution in [-0.4, -0.2) is 4.57 Å². The van der Waals surface area contributed by atoms with Gasteiger partial charge < -0.3 is 4.57 Å². The number of hydrogen-bond donors (Lipinski definition) is 0. The Labute approximate surface area is 118 Å². The van der Waals surface area contributed by atoms with Crippen molar-refractivity contribution in [1.82, 2.24) is 4.57 Å². The summed E-state index contributed by atoms with van der Waals surface area (Å²) in [6.45, 7) is 4.42. The Morgan fingerprint density at radius 3 is 2.37 bits per heavy atom. The molecule has 96 valence electrons. The Morgan fingerprint density at radius 2 is 1.68 bits per heavy atom. The number of aromatic nitrogens is 1. The highest BCUT2D eigenvalue weighted by molar-refractivity contribution is 6.31. The van der Waals surface area contributed by atoms with Crippen molar-refractivity contribution in [2.45, 2.75) is 19.9 Å². The van der Waals surface area contributed by atoms with Crippen LogP contribution in [0.25, 0.3) is 22.2 Å². The highest BCUT2D eigenvalue weighted by atomic mass is 35.5. The van der Waals surface area contributed by atoms with E-state index in [2.05, 4.69) is 54.8 Å². The summed E-state index contributed by atoms with van der Waals surface area (Å²) < 4.78 is 2.36. The molecule has 0 spiro atoms. The molecule has 0 aliphatic rings. The molecule has 2 heteroatoms. The lowest BCUT2D eigenvalue weighted by molar-refractivity contribution is 0.629. The van der Waals surface area contributed by atoms with E-state index < -0.39 is 0 Å². The lowest BCUT2D eigenvalue weighted by atomic mass is 10.1. The third kappa shape index (κ3) is 2.15. The quantitative estimate of drug-likeness (QED) is 0.575. The van der Waals surface area contributed by atoms with Crippen molar-refractivity contribution >= 4 is 22.5 Å². The fourth-order valence-electron chi connectivity index (χ4n) is 2.59. The Balaban J connectivity index is 2.32. The first-order valence-corrected chi connectivity index (χ1v) is 6.90. The summed E-state index contributed by atoms with van der Waals surface area (Å²) in [5.41, 5.74) is 3.72. The van der Waals surface area contributed by atoms with Gasteiger partial charge in [-0.2, -0.15) is 0 Å². The third-order valence-corrected chi connectivity index (χ3v) is 3.62. The zero-order valence-electron chi connectivity index (χ0n) is 11.1. The van der Waals surface area contributed by atoms with Gasteiger partial charge in [-0.05, 0) is 43.7 Å². The lowest BCUT2D eigenvalue weighted by Gasteiger charge is -2.14. The summed E-state index contributed by atoms with van der Waals surface area (Å²) in [5, 5.41) is 1.98.